The summed E-state index contributed by atoms with van der Waals surface area (Å²) in [5, 5.41) is 3.41. The Hall–Kier alpha value is -1.07. The summed E-state index contributed by atoms with van der Waals surface area (Å²) in [7, 11) is 1.04. The van der Waals surface area contributed by atoms with Gasteiger partial charge in [-0.15, -0.1) is 0 Å². The van der Waals surface area contributed by atoms with Crippen molar-refractivity contribution in [3.8, 4) is 0 Å². The van der Waals surface area contributed by atoms with Crippen molar-refractivity contribution in [2.45, 2.75) is 43.0 Å². The third-order valence-electron chi connectivity index (χ3n) is 4.91. The van der Waals surface area contributed by atoms with Gasteiger partial charge in [0.05, 0.1) is 10.6 Å². The lowest BCUT2D eigenvalue weighted by Gasteiger charge is -2.45. The summed E-state index contributed by atoms with van der Waals surface area (Å²) < 4.78 is 23.8. The number of rotatable bonds is 5. The number of nitrogens with zero attached hydrogens (tertiary/aromatic N) is 1. The van der Waals surface area contributed by atoms with Crippen LogP contribution in [0.25, 0.3) is 0 Å². The van der Waals surface area contributed by atoms with E-state index in [9.17, 15) is 8.42 Å². The molecule has 0 spiro atoms. The minimum atomic E-state index is -3.21. The maximum atomic E-state index is 11.9. The molecule has 0 aliphatic heterocycles. The second kappa shape index (κ2) is 6.59. The highest BCUT2D eigenvalue weighted by atomic mass is 32.2. The van der Waals surface area contributed by atoms with Crippen LogP contribution in [0, 0.1) is 5.92 Å². The molecule has 0 heterocycles. The van der Waals surface area contributed by atoms with E-state index in [2.05, 4.69) is 31.2 Å². The Morgan fingerprint density at radius 3 is 2.59 bits per heavy atom. The van der Waals surface area contributed by atoms with Crippen molar-refractivity contribution >= 4 is 15.5 Å². The van der Waals surface area contributed by atoms with Gasteiger partial charge in [-0.3, -0.25) is 0 Å². The number of sulfone groups is 1. The summed E-state index contributed by atoms with van der Waals surface area (Å²) in [6.07, 6.45) is 6.08. The third-order valence-corrected chi connectivity index (χ3v) is 6.07. The monoisotopic (exact) mass is 324 g/mol. The van der Waals surface area contributed by atoms with Crippen LogP contribution in [0.4, 0.5) is 5.69 Å². The first-order chi connectivity index (χ1) is 10.2. The van der Waals surface area contributed by atoms with Crippen molar-refractivity contribution < 1.29 is 8.42 Å². The average molecular weight is 324 g/mol. The number of hydrogen-bond donors (Lipinski definition) is 1. The highest BCUT2D eigenvalue weighted by molar-refractivity contribution is 7.90. The SMILES string of the molecule is CC1CCCC(CNc2ccccc2S(C)(=O)=O)(N(C)C)C1. The van der Waals surface area contributed by atoms with Crippen LogP contribution in [0.5, 0.6) is 0 Å². The molecular weight excluding hydrogens is 296 g/mol. The minimum Gasteiger partial charge on any atom is -0.382 e. The van der Waals surface area contributed by atoms with E-state index in [1.807, 2.05) is 12.1 Å². The van der Waals surface area contributed by atoms with Gasteiger partial charge in [0.2, 0.25) is 0 Å². The van der Waals surface area contributed by atoms with Crippen LogP contribution < -0.4 is 5.32 Å². The van der Waals surface area contributed by atoms with E-state index in [4.69, 9.17) is 0 Å². The fraction of sp³-hybridized carbons (Fsp3) is 0.647. The van der Waals surface area contributed by atoms with Crippen LogP contribution in [0.15, 0.2) is 29.2 Å². The van der Waals surface area contributed by atoms with Crippen LogP contribution in [0.3, 0.4) is 0 Å². The first-order valence-corrected chi connectivity index (χ1v) is 9.84. The molecule has 4 nitrogen and oxygen atoms in total. The highest BCUT2D eigenvalue weighted by Gasteiger charge is 2.36. The molecule has 2 rings (SSSR count). The van der Waals surface area contributed by atoms with Crippen molar-refractivity contribution in [2.75, 3.05) is 32.2 Å². The molecule has 1 aromatic carbocycles. The lowest BCUT2D eigenvalue weighted by Crippen LogP contribution is -2.52. The maximum absolute atomic E-state index is 11.9. The number of para-hydroxylation sites is 1. The van der Waals surface area contributed by atoms with Crippen molar-refractivity contribution in [1.29, 1.82) is 0 Å². The molecule has 5 heteroatoms. The molecule has 2 atom stereocenters. The Bertz CT molecular complexity index is 613. The quantitative estimate of drug-likeness (QED) is 0.904. The zero-order valence-corrected chi connectivity index (χ0v) is 14.9. The van der Waals surface area contributed by atoms with E-state index in [0.29, 0.717) is 16.5 Å². The minimum absolute atomic E-state index is 0.0995. The fourth-order valence-electron chi connectivity index (χ4n) is 3.55. The first kappa shape index (κ1) is 17.3. The van der Waals surface area contributed by atoms with Crippen LogP contribution in [-0.2, 0) is 9.84 Å². The fourth-order valence-corrected chi connectivity index (χ4v) is 4.42. The third kappa shape index (κ3) is 3.82. The Morgan fingerprint density at radius 2 is 2.00 bits per heavy atom. The van der Waals surface area contributed by atoms with Crippen LogP contribution in [0.2, 0.25) is 0 Å². The summed E-state index contributed by atoms with van der Waals surface area (Å²) in [5.41, 5.74) is 0.812. The highest BCUT2D eigenvalue weighted by Crippen LogP contribution is 2.36. The Balaban J connectivity index is 2.21. The smallest absolute Gasteiger partial charge is 0.177 e. The molecular formula is C17H28N2O2S. The van der Waals surface area contributed by atoms with E-state index in [0.717, 1.165) is 19.4 Å². The normalized spacial score (nSPS) is 26.1. The lowest BCUT2D eigenvalue weighted by atomic mass is 9.75. The molecule has 1 N–H and O–H groups in total. The lowest BCUT2D eigenvalue weighted by molar-refractivity contribution is 0.0882. The van der Waals surface area contributed by atoms with Crippen LogP contribution in [-0.4, -0.2) is 45.8 Å². The number of likely N-dealkylation sites (N-methyl/N-ethyl adjacent to an activating group) is 1. The summed E-state index contributed by atoms with van der Waals surface area (Å²) in [6, 6.07) is 7.17. The summed E-state index contributed by atoms with van der Waals surface area (Å²) in [5.74, 6) is 0.711. The summed E-state index contributed by atoms with van der Waals surface area (Å²) >= 11 is 0. The van der Waals surface area contributed by atoms with Gasteiger partial charge in [0.25, 0.3) is 0 Å². The average Bonchev–Trinajstić information content (AvgIpc) is 2.44. The number of anilines is 1. The molecule has 0 bridgehead atoms. The van der Waals surface area contributed by atoms with E-state index in [1.54, 1.807) is 12.1 Å². The molecule has 124 valence electrons. The van der Waals surface area contributed by atoms with Crippen molar-refractivity contribution in [1.82, 2.24) is 4.90 Å². The number of nitrogens with one attached hydrogen (secondary N) is 1. The Labute approximate surface area is 134 Å². The van der Waals surface area contributed by atoms with Gasteiger partial charge < -0.3 is 10.2 Å². The second-order valence-electron chi connectivity index (χ2n) is 6.94. The molecule has 1 fully saturated rings. The largest absolute Gasteiger partial charge is 0.382 e. The molecule has 0 saturated heterocycles. The van der Waals surface area contributed by atoms with Crippen molar-refractivity contribution in [3.05, 3.63) is 24.3 Å². The summed E-state index contributed by atoms with van der Waals surface area (Å²) in [4.78, 5) is 2.69. The first-order valence-electron chi connectivity index (χ1n) is 7.95. The zero-order valence-electron chi connectivity index (χ0n) is 14.1. The van der Waals surface area contributed by atoms with Crippen molar-refractivity contribution in [2.24, 2.45) is 5.92 Å². The van der Waals surface area contributed by atoms with E-state index in [-0.39, 0.29) is 5.54 Å². The van der Waals surface area contributed by atoms with E-state index < -0.39 is 9.84 Å². The predicted molar refractivity (Wildman–Crippen MR) is 92.1 cm³/mol. The molecule has 0 radical (unpaired) electrons. The molecule has 22 heavy (non-hydrogen) atoms. The molecule has 1 saturated carbocycles. The van der Waals surface area contributed by atoms with Crippen LogP contribution >= 0.6 is 0 Å². The molecule has 2 unspecified atom stereocenters. The molecule has 1 aromatic rings. The molecule has 1 aliphatic rings. The number of benzene rings is 1. The van der Waals surface area contributed by atoms with Gasteiger partial charge in [-0.1, -0.05) is 31.9 Å². The molecule has 1 aliphatic carbocycles. The summed E-state index contributed by atoms with van der Waals surface area (Å²) in [6.45, 7) is 3.08. The van der Waals surface area contributed by atoms with Gasteiger partial charge in [-0.2, -0.15) is 0 Å². The maximum Gasteiger partial charge on any atom is 0.177 e. The second-order valence-corrected chi connectivity index (χ2v) is 8.93. The molecule has 0 aromatic heterocycles. The van der Waals surface area contributed by atoms with Gasteiger partial charge in [0.15, 0.2) is 9.84 Å². The number of hydrogen-bond acceptors (Lipinski definition) is 4. The van der Waals surface area contributed by atoms with Gasteiger partial charge in [-0.25, -0.2) is 8.42 Å². The van der Waals surface area contributed by atoms with Gasteiger partial charge in [0, 0.05) is 18.3 Å². The van der Waals surface area contributed by atoms with Gasteiger partial charge in [0.1, 0.15) is 0 Å². The Kier molecular flexibility index (Phi) is 5.17. The van der Waals surface area contributed by atoms with Gasteiger partial charge in [-0.05, 0) is 45.0 Å². The van der Waals surface area contributed by atoms with E-state index >= 15 is 0 Å². The van der Waals surface area contributed by atoms with E-state index in [1.165, 1.54) is 19.1 Å². The molecule has 0 amide bonds. The topological polar surface area (TPSA) is 49.4 Å². The zero-order chi connectivity index (χ0) is 16.4. The standard InChI is InChI=1S/C17H28N2O2S/c1-14-8-7-11-17(12-14,19(2)3)13-18-15-9-5-6-10-16(15)22(4,20)21/h5-6,9-10,14,18H,7-8,11-13H2,1-4H3. The predicted octanol–water partition coefficient (Wildman–Crippen LogP) is 3.01. The van der Waals surface area contributed by atoms with Crippen LogP contribution in [0.1, 0.15) is 32.6 Å². The van der Waals surface area contributed by atoms with Gasteiger partial charge >= 0.3 is 0 Å². The Morgan fingerprint density at radius 1 is 1.32 bits per heavy atom. The van der Waals surface area contributed by atoms with Crippen molar-refractivity contribution in [3.63, 3.8) is 0 Å².